The number of imidazole rings is 1. The number of ether oxygens (including phenoxy) is 2. The summed E-state index contributed by atoms with van der Waals surface area (Å²) in [5.74, 6) is 2.60. The lowest BCUT2D eigenvalue weighted by molar-refractivity contribution is 0.280. The zero-order chi connectivity index (χ0) is 21.5. The van der Waals surface area contributed by atoms with Crippen molar-refractivity contribution in [3.63, 3.8) is 0 Å². The van der Waals surface area contributed by atoms with E-state index >= 15 is 0 Å². The normalized spacial score (nSPS) is 11.0. The van der Waals surface area contributed by atoms with E-state index in [0.717, 1.165) is 59.9 Å². The fourth-order valence-corrected chi connectivity index (χ4v) is 3.67. The molecule has 0 radical (unpaired) electrons. The Kier molecular flexibility index (Phi) is 6.85. The molecule has 2 N–H and O–H groups in total. The molecule has 3 aromatic carbocycles. The maximum atomic E-state index is 6.21. The van der Waals surface area contributed by atoms with Crippen molar-refractivity contribution in [2.75, 3.05) is 13.7 Å². The summed E-state index contributed by atoms with van der Waals surface area (Å²) in [4.78, 5) is 8.04. The molecule has 0 amide bonds. The van der Waals surface area contributed by atoms with Gasteiger partial charge in [-0.05, 0) is 49.2 Å². The van der Waals surface area contributed by atoms with Crippen LogP contribution in [-0.2, 0) is 19.6 Å². The van der Waals surface area contributed by atoms with Crippen LogP contribution in [0.5, 0.6) is 11.5 Å². The van der Waals surface area contributed by atoms with E-state index in [4.69, 9.17) is 9.47 Å². The molecule has 5 nitrogen and oxygen atoms in total. The van der Waals surface area contributed by atoms with Crippen molar-refractivity contribution in [2.24, 2.45) is 0 Å². The van der Waals surface area contributed by atoms with Gasteiger partial charge >= 0.3 is 0 Å². The predicted molar refractivity (Wildman–Crippen MR) is 125 cm³/mol. The highest BCUT2D eigenvalue weighted by Crippen LogP contribution is 2.32. The number of aryl methyl sites for hydroxylation is 2. The molecule has 0 aliphatic carbocycles. The van der Waals surface area contributed by atoms with Gasteiger partial charge < -0.3 is 19.8 Å². The largest absolute Gasteiger partial charge is 0.493 e. The first-order valence-corrected chi connectivity index (χ1v) is 10.7. The molecule has 0 spiro atoms. The second kappa shape index (κ2) is 10.1. The molecule has 4 rings (SSSR count). The van der Waals surface area contributed by atoms with Crippen LogP contribution in [0.25, 0.3) is 11.0 Å². The fraction of sp³-hybridized carbons (Fsp3) is 0.269. The second-order valence-electron chi connectivity index (χ2n) is 7.64. The molecule has 160 valence electrons. The molecule has 5 heteroatoms. The molecule has 0 fully saturated rings. The van der Waals surface area contributed by atoms with Crippen LogP contribution in [0.15, 0.2) is 66.7 Å². The smallest absolute Gasteiger partial charge is 0.166 e. The number of aromatic amines is 1. The van der Waals surface area contributed by atoms with Crippen LogP contribution in [-0.4, -0.2) is 23.6 Å². The molecule has 0 aliphatic rings. The van der Waals surface area contributed by atoms with E-state index in [1.54, 1.807) is 7.11 Å². The number of nitrogens with one attached hydrogen (secondary N) is 2. The number of para-hydroxylation sites is 3. The average Bonchev–Trinajstić information content (AvgIpc) is 3.21. The number of aromatic nitrogens is 2. The van der Waals surface area contributed by atoms with Crippen LogP contribution in [0, 0.1) is 6.92 Å². The Labute approximate surface area is 183 Å². The van der Waals surface area contributed by atoms with Crippen molar-refractivity contribution >= 4 is 11.0 Å². The van der Waals surface area contributed by atoms with Crippen LogP contribution in [0.1, 0.15) is 28.9 Å². The molecule has 1 heterocycles. The van der Waals surface area contributed by atoms with Gasteiger partial charge in [-0.3, -0.25) is 0 Å². The Bertz CT molecular complexity index is 1100. The van der Waals surface area contributed by atoms with Crippen LogP contribution < -0.4 is 14.8 Å². The van der Waals surface area contributed by atoms with Crippen LogP contribution in [0.2, 0.25) is 0 Å². The third-order valence-corrected chi connectivity index (χ3v) is 5.43. The van der Waals surface area contributed by atoms with E-state index in [1.165, 1.54) is 11.1 Å². The van der Waals surface area contributed by atoms with Crippen molar-refractivity contribution < 1.29 is 9.47 Å². The fourth-order valence-electron chi connectivity index (χ4n) is 3.67. The molecule has 1 aromatic heterocycles. The first-order chi connectivity index (χ1) is 15.2. The van der Waals surface area contributed by atoms with Gasteiger partial charge in [0.25, 0.3) is 0 Å². The third-order valence-electron chi connectivity index (χ3n) is 5.43. The summed E-state index contributed by atoms with van der Waals surface area (Å²) in [6.07, 6.45) is 1.92. The maximum absolute atomic E-state index is 6.21. The van der Waals surface area contributed by atoms with Crippen molar-refractivity contribution in [2.45, 2.75) is 32.9 Å². The van der Waals surface area contributed by atoms with Gasteiger partial charge in [0.15, 0.2) is 11.5 Å². The Morgan fingerprint density at radius 3 is 2.58 bits per heavy atom. The number of hydrogen-bond acceptors (Lipinski definition) is 4. The quantitative estimate of drug-likeness (QED) is 0.350. The predicted octanol–water partition coefficient (Wildman–Crippen LogP) is 5.18. The SMILES string of the molecule is COc1cccc(CNCCCc2nc3ccccc3[nH]2)c1OCc1ccccc1C. The van der Waals surface area contributed by atoms with E-state index < -0.39 is 0 Å². The lowest BCUT2D eigenvalue weighted by Crippen LogP contribution is -2.16. The minimum atomic E-state index is 0.520. The van der Waals surface area contributed by atoms with Gasteiger partial charge in [0, 0.05) is 18.5 Å². The number of hydrogen-bond donors (Lipinski definition) is 2. The van der Waals surface area contributed by atoms with Crippen molar-refractivity contribution in [3.05, 3.63) is 89.2 Å². The van der Waals surface area contributed by atoms with E-state index in [9.17, 15) is 0 Å². The van der Waals surface area contributed by atoms with Gasteiger partial charge in [0.2, 0.25) is 0 Å². The minimum Gasteiger partial charge on any atom is -0.493 e. The lowest BCUT2D eigenvalue weighted by Gasteiger charge is -2.16. The number of fused-ring (bicyclic) bond motifs is 1. The number of nitrogens with zero attached hydrogens (tertiary/aromatic N) is 1. The molecule has 4 aromatic rings. The summed E-state index contributed by atoms with van der Waals surface area (Å²) in [7, 11) is 1.68. The van der Waals surface area contributed by atoms with Gasteiger partial charge in [0.05, 0.1) is 18.1 Å². The number of methoxy groups -OCH3 is 1. The third kappa shape index (κ3) is 5.25. The molecule has 0 aliphatic heterocycles. The molecule has 0 saturated heterocycles. The summed E-state index contributed by atoms with van der Waals surface area (Å²) in [5.41, 5.74) is 5.62. The average molecular weight is 416 g/mol. The maximum Gasteiger partial charge on any atom is 0.166 e. The van der Waals surface area contributed by atoms with E-state index in [2.05, 4.69) is 46.5 Å². The van der Waals surface area contributed by atoms with Gasteiger partial charge in [-0.1, -0.05) is 48.5 Å². The van der Waals surface area contributed by atoms with Gasteiger partial charge in [-0.25, -0.2) is 4.98 Å². The summed E-state index contributed by atoms with van der Waals surface area (Å²) in [6, 6.07) is 22.5. The monoisotopic (exact) mass is 415 g/mol. The summed E-state index contributed by atoms with van der Waals surface area (Å²) >= 11 is 0. The molecule has 0 saturated carbocycles. The summed E-state index contributed by atoms with van der Waals surface area (Å²) < 4.78 is 11.8. The number of rotatable bonds is 10. The summed E-state index contributed by atoms with van der Waals surface area (Å²) in [6.45, 7) is 4.24. The van der Waals surface area contributed by atoms with E-state index in [0.29, 0.717) is 6.61 Å². The highest BCUT2D eigenvalue weighted by atomic mass is 16.5. The Hall–Kier alpha value is -3.31. The first kappa shape index (κ1) is 20.9. The topological polar surface area (TPSA) is 59.2 Å². The van der Waals surface area contributed by atoms with Crippen LogP contribution >= 0.6 is 0 Å². The lowest BCUT2D eigenvalue weighted by atomic mass is 10.1. The van der Waals surface area contributed by atoms with Gasteiger partial charge in [-0.15, -0.1) is 0 Å². The minimum absolute atomic E-state index is 0.520. The highest BCUT2D eigenvalue weighted by Gasteiger charge is 2.11. The zero-order valence-electron chi connectivity index (χ0n) is 18.2. The van der Waals surface area contributed by atoms with Crippen molar-refractivity contribution in [1.82, 2.24) is 15.3 Å². The van der Waals surface area contributed by atoms with Crippen LogP contribution in [0.4, 0.5) is 0 Å². The van der Waals surface area contributed by atoms with E-state index in [1.807, 2.05) is 42.5 Å². The van der Waals surface area contributed by atoms with Crippen molar-refractivity contribution in [3.8, 4) is 11.5 Å². The zero-order valence-corrected chi connectivity index (χ0v) is 18.2. The molecule has 0 atom stereocenters. The molecule has 31 heavy (non-hydrogen) atoms. The number of benzene rings is 3. The highest BCUT2D eigenvalue weighted by molar-refractivity contribution is 5.74. The first-order valence-electron chi connectivity index (χ1n) is 10.7. The molecular weight excluding hydrogens is 386 g/mol. The Morgan fingerprint density at radius 2 is 1.74 bits per heavy atom. The summed E-state index contributed by atoms with van der Waals surface area (Å²) in [5, 5.41) is 3.53. The molecule has 0 bridgehead atoms. The second-order valence-corrected chi connectivity index (χ2v) is 7.64. The Morgan fingerprint density at radius 1 is 0.935 bits per heavy atom. The molecular formula is C26H29N3O2. The van der Waals surface area contributed by atoms with Gasteiger partial charge in [0.1, 0.15) is 12.4 Å². The van der Waals surface area contributed by atoms with E-state index in [-0.39, 0.29) is 0 Å². The van der Waals surface area contributed by atoms with Gasteiger partial charge in [-0.2, -0.15) is 0 Å². The van der Waals surface area contributed by atoms with Crippen molar-refractivity contribution in [1.29, 1.82) is 0 Å². The molecule has 0 unspecified atom stereocenters. The number of H-pyrrole nitrogens is 1. The standard InChI is InChI=1S/C26H29N3O2/c1-19-9-3-4-10-21(19)18-31-26-20(11-7-14-24(26)30-2)17-27-16-8-15-25-28-22-12-5-6-13-23(22)29-25/h3-7,9-14,27H,8,15-18H2,1-2H3,(H,28,29). The Balaban J connectivity index is 1.32. The van der Waals surface area contributed by atoms with Crippen LogP contribution in [0.3, 0.4) is 0 Å².